The Morgan fingerprint density at radius 1 is 0.346 bits per heavy atom. The van der Waals surface area contributed by atoms with Crippen LogP contribution in [0.1, 0.15) is 259 Å². The van der Waals surface area contributed by atoms with Crippen molar-refractivity contribution in [2.45, 2.75) is 321 Å². The van der Waals surface area contributed by atoms with Gasteiger partial charge in [0.05, 0.1) is 37.6 Å². The van der Waals surface area contributed by atoms with E-state index in [4.69, 9.17) is 77.6 Å². The minimum atomic E-state index is -2.74. The van der Waals surface area contributed by atoms with Crippen molar-refractivity contribution in [1.29, 1.82) is 0 Å². The number of carbonyl (C=O) groups is 8. The second-order valence-corrected chi connectivity index (χ2v) is 38.0. The molecule has 12 rings (SSSR count). The van der Waals surface area contributed by atoms with Crippen LogP contribution >= 0.6 is 0 Å². The van der Waals surface area contributed by atoms with E-state index in [1.165, 1.54) is 5.56 Å². The predicted octanol–water partition coefficient (Wildman–Crippen LogP) is 18.2. The first-order chi connectivity index (χ1) is 65.5. The number of fused-ring (bicyclic) bond motifs is 8. The van der Waals surface area contributed by atoms with Gasteiger partial charge in [-0.3, -0.25) is 0 Å². The minimum absolute atomic E-state index is 0.0334. The lowest BCUT2D eigenvalue weighted by atomic mass is 9.73. The molecule has 0 unspecified atom stereocenters. The molecule has 0 amide bonds. The van der Waals surface area contributed by atoms with Crippen LogP contribution in [0.3, 0.4) is 0 Å². The molecule has 9 N–H and O–H groups in total. The second kappa shape index (κ2) is 57.9. The van der Waals surface area contributed by atoms with Gasteiger partial charge in [-0.05, 0) is 326 Å². The Labute approximate surface area is 797 Å². The third-order valence-corrected chi connectivity index (χ3v) is 28.8. The Bertz CT molecular complexity index is 4210. The molecule has 0 heterocycles. The first-order valence-corrected chi connectivity index (χ1v) is 49.9. The lowest BCUT2D eigenvalue weighted by molar-refractivity contribution is -0.140. The number of benzene rings is 4. The first-order valence-electron chi connectivity index (χ1n) is 49.9. The van der Waals surface area contributed by atoms with Crippen LogP contribution < -0.4 is 18.9 Å². The minimum Gasteiger partial charge on any atom is -0.482 e. The molecule has 0 bridgehead atoms. The van der Waals surface area contributed by atoms with Gasteiger partial charge >= 0.3 is 48.5 Å². The first kappa shape index (κ1) is 110. The number of carboxylic acids is 4. The van der Waals surface area contributed by atoms with Crippen molar-refractivity contribution < 1.29 is 154 Å². The summed E-state index contributed by atoms with van der Waals surface area (Å²) in [4.78, 5) is 91.3. The molecule has 0 spiro atoms. The number of unbranched alkanes of at least 4 members (excludes halogenated alkanes) is 8. The largest absolute Gasteiger partial charge is 0.508 e. The van der Waals surface area contributed by atoms with E-state index in [-0.39, 0.29) is 99.6 Å². The SMILES string of the molecule is CCCCC[C@@H](CC[C@@H]1[C@H]2Cc3cccc(OCC(=O)O)c3C[C@H]2C[C@H]1O)OC(=O)OCC.CCCCC[C@@H](CC[C@@H]1[C@H]2Cc3cccc(OCC(=O)O)c3C[C@H]2C[C@H]1O)OC(=O)OCC(F)F.CCCCC[C@@H](CC[C@@H]1[C@H]2Cc3cccc(OCC(=O)O)c3C[C@H]2C[C@H]1O)OC(=O)OCCF.CCCCC[C@@H](CC[C@@H]1[C@H]2Cc3cccc(OCC(=O)O)c3C[C@H]2C[C@H]1O)OC(=O)OCCO. The van der Waals surface area contributed by atoms with E-state index in [0.29, 0.717) is 116 Å². The third kappa shape index (κ3) is 34.6. The van der Waals surface area contributed by atoms with Crippen molar-refractivity contribution in [2.24, 2.45) is 71.0 Å². The van der Waals surface area contributed by atoms with Crippen molar-refractivity contribution in [1.82, 2.24) is 0 Å². The van der Waals surface area contributed by atoms with Crippen LogP contribution in [0.2, 0.25) is 0 Å². The molecule has 0 saturated heterocycles. The van der Waals surface area contributed by atoms with Crippen LogP contribution in [0.4, 0.5) is 32.3 Å². The number of hydrogen-bond acceptors (Lipinski definition) is 25. The van der Waals surface area contributed by atoms with Crippen LogP contribution in [0.15, 0.2) is 72.8 Å². The smallest absolute Gasteiger partial charge is 0.482 e. The number of rotatable bonds is 51. The van der Waals surface area contributed by atoms with Crippen LogP contribution in [-0.2, 0) is 108 Å². The standard InChI is InChI=1S/C26H36F2O7.C26H37FO7.C26H38O8.C26H38O7/c1-2-3-4-7-18(35-26(32)34-14-24(27)28)9-10-19-20-11-16-6-5-8-23(33-15-25(30)31)21(16)12-17(20)13-22(19)29;2*1-2-3-4-7-19(34-26(31)32-12-11-27)9-10-20-21-13-17-6-5-8-24(33-16-25(29)30)22(17)14-18(21)15-23(20)28;1-3-5-6-9-19(33-26(30)31-4-2)11-12-20-21-13-17-8-7-10-24(32-16-25(28)29)22(17)14-18(21)15-23(20)27/h5-6,8,17-20,22,24,29H,2-4,7,9-15H2,1H3,(H,30,31);5-6,8,18-21,23,28H,2-4,7,9-16H2,1H3,(H,29,30);5-6,8,18-21,23,27-28H,2-4,7,9-16H2,1H3,(H,29,30);7-8,10,18-21,23,27H,3-6,9,11-16H2,1-2H3,(H,28,29)/t17-,18-,19+,20-,22+;3*18-,19-,20+,21-,23+/m0000/s1. The highest BCUT2D eigenvalue weighted by Crippen LogP contribution is 2.54. The molecule has 32 heteroatoms. The van der Waals surface area contributed by atoms with E-state index in [1.54, 1.807) is 13.0 Å². The third-order valence-electron chi connectivity index (χ3n) is 28.8. The van der Waals surface area contributed by atoms with Gasteiger partial charge in [-0.2, -0.15) is 0 Å². The highest BCUT2D eigenvalue weighted by molar-refractivity contribution is 5.70. The van der Waals surface area contributed by atoms with Crippen molar-refractivity contribution in [3.63, 3.8) is 0 Å². The zero-order valence-electron chi connectivity index (χ0n) is 79.9. The molecule has 0 radical (unpaired) electrons. The van der Waals surface area contributed by atoms with Crippen LogP contribution in [0.25, 0.3) is 0 Å². The maximum absolute atomic E-state index is 12.3. The van der Waals surface area contributed by atoms with Gasteiger partial charge in [0.1, 0.15) is 67.3 Å². The molecule has 8 aliphatic rings. The number of hydrogen-bond donors (Lipinski definition) is 9. The number of halogens is 3. The Morgan fingerprint density at radius 3 is 0.838 bits per heavy atom. The topological polar surface area (TPSA) is 429 Å². The summed E-state index contributed by atoms with van der Waals surface area (Å²) in [6, 6.07) is 23.0. The zero-order valence-corrected chi connectivity index (χ0v) is 79.9. The number of aliphatic hydroxyl groups excluding tert-OH is 5. The molecule has 4 saturated carbocycles. The lowest BCUT2D eigenvalue weighted by Crippen LogP contribution is -2.29. The van der Waals surface area contributed by atoms with Crippen molar-refractivity contribution in [3.8, 4) is 23.0 Å². The number of ether oxygens (including phenoxy) is 12. The van der Waals surface area contributed by atoms with Gasteiger partial charge in [0.25, 0.3) is 6.43 Å². The summed E-state index contributed by atoms with van der Waals surface area (Å²) in [5.74, 6) is 1.34. The lowest BCUT2D eigenvalue weighted by Gasteiger charge is -2.32. The summed E-state index contributed by atoms with van der Waals surface area (Å²) >= 11 is 0. The molecule has 0 aliphatic heterocycles. The average Bonchev–Trinajstić information content (AvgIpc) is 1.62. The molecule has 136 heavy (non-hydrogen) atoms. The highest BCUT2D eigenvalue weighted by Gasteiger charge is 2.50. The fourth-order valence-electron chi connectivity index (χ4n) is 22.5. The number of carbonyl (C=O) groups excluding carboxylic acids is 4. The van der Waals surface area contributed by atoms with E-state index >= 15 is 0 Å². The van der Waals surface area contributed by atoms with Crippen molar-refractivity contribution in [3.05, 3.63) is 117 Å². The molecule has 4 aromatic rings. The number of aliphatic carboxylic acids is 4. The average molecular weight is 1920 g/mol. The van der Waals surface area contributed by atoms with Gasteiger partial charge in [-0.1, -0.05) is 128 Å². The number of carboxylic acid groups (broad SMARTS) is 4. The second-order valence-electron chi connectivity index (χ2n) is 38.0. The van der Waals surface area contributed by atoms with E-state index in [2.05, 4.69) is 50.6 Å². The fraction of sp³-hybridized carbons (Fsp3) is 0.692. The summed E-state index contributed by atoms with van der Waals surface area (Å²) in [5, 5.41) is 88.2. The predicted molar refractivity (Wildman–Crippen MR) is 495 cm³/mol. The van der Waals surface area contributed by atoms with Gasteiger partial charge in [0, 0.05) is 0 Å². The van der Waals surface area contributed by atoms with Gasteiger partial charge < -0.3 is 103 Å². The van der Waals surface area contributed by atoms with Crippen molar-refractivity contribution >= 4 is 48.5 Å². The summed E-state index contributed by atoms with van der Waals surface area (Å²) in [6.45, 7) is 6.69. The van der Waals surface area contributed by atoms with Gasteiger partial charge in [-0.25, -0.2) is 51.5 Å². The van der Waals surface area contributed by atoms with E-state index in [9.17, 15) is 72.0 Å². The molecular weight excluding hydrogens is 1770 g/mol. The molecule has 20 atom stereocenters. The van der Waals surface area contributed by atoms with E-state index < -0.39 is 99.2 Å². The summed E-state index contributed by atoms with van der Waals surface area (Å²) < 4.78 is 100. The Morgan fingerprint density at radius 2 is 0.603 bits per heavy atom. The van der Waals surface area contributed by atoms with Gasteiger partial charge in [0.2, 0.25) is 0 Å². The number of alkyl halides is 3. The number of aliphatic hydroxyl groups is 5. The Balaban J connectivity index is 0.000000203. The van der Waals surface area contributed by atoms with E-state index in [1.807, 2.05) is 48.5 Å². The Kier molecular flexibility index (Phi) is 46.9. The van der Waals surface area contributed by atoms with Crippen molar-refractivity contribution in [2.75, 3.05) is 66.1 Å². The molecule has 760 valence electrons. The van der Waals surface area contributed by atoms with Crippen LogP contribution in [-0.4, -0.2) is 216 Å². The quantitative estimate of drug-likeness (QED) is 0.0113. The monoisotopic (exact) mass is 1920 g/mol. The maximum Gasteiger partial charge on any atom is 0.508 e. The zero-order chi connectivity index (χ0) is 98.2. The van der Waals surface area contributed by atoms with Crippen LogP contribution in [0, 0.1) is 71.0 Å². The summed E-state index contributed by atoms with van der Waals surface area (Å²) in [6.07, 6.45) is 20.8. The molecule has 8 aliphatic carbocycles. The molecule has 4 fully saturated rings. The van der Waals surface area contributed by atoms with E-state index in [0.717, 1.165) is 219 Å². The molecular formula is C104H149F3O29. The summed E-state index contributed by atoms with van der Waals surface area (Å²) in [5.41, 5.74) is 8.81. The normalized spacial score (nSPS) is 24.1. The highest BCUT2D eigenvalue weighted by atomic mass is 19.3. The molecule has 4 aromatic carbocycles. The summed E-state index contributed by atoms with van der Waals surface area (Å²) in [7, 11) is 0. The van der Waals surface area contributed by atoms with Gasteiger partial charge in [-0.15, -0.1) is 0 Å². The van der Waals surface area contributed by atoms with Crippen LogP contribution in [0.5, 0.6) is 23.0 Å². The molecule has 29 nitrogen and oxygen atoms in total. The Hall–Kier alpha value is -9.37. The van der Waals surface area contributed by atoms with Gasteiger partial charge in [0.15, 0.2) is 33.0 Å². The maximum atomic E-state index is 12.3. The molecule has 0 aromatic heterocycles. The fourth-order valence-corrected chi connectivity index (χ4v) is 22.5.